The highest BCUT2D eigenvalue weighted by atomic mass is 79.9. The van der Waals surface area contributed by atoms with Gasteiger partial charge in [0, 0.05) is 13.6 Å². The van der Waals surface area contributed by atoms with Crippen molar-refractivity contribution in [2.75, 3.05) is 31.4 Å². The number of hydrogen-bond acceptors (Lipinski definition) is 3. The summed E-state index contributed by atoms with van der Waals surface area (Å²) in [5.74, 6) is -0.437. The van der Waals surface area contributed by atoms with E-state index in [9.17, 15) is 12.8 Å². The fourth-order valence-corrected chi connectivity index (χ4v) is 2.96. The average Bonchev–Trinajstić information content (AvgIpc) is 2.42. The number of anilines is 1. The van der Waals surface area contributed by atoms with E-state index < -0.39 is 16.0 Å². The predicted octanol–water partition coefficient (Wildman–Crippen LogP) is 2.57. The second-order valence-corrected chi connectivity index (χ2v) is 7.29. The lowest BCUT2D eigenvalue weighted by Crippen LogP contribution is -2.34. The summed E-state index contributed by atoms with van der Waals surface area (Å²) in [5.41, 5.74) is 0.319. The Morgan fingerprint density at radius 3 is 2.67 bits per heavy atom. The Morgan fingerprint density at radius 2 is 2.05 bits per heavy atom. The molecular formula is C13H21BrFN3O2S. The summed E-state index contributed by atoms with van der Waals surface area (Å²) in [7, 11) is -2.11. The maximum absolute atomic E-state index is 13.1. The molecule has 0 radical (unpaired) electrons. The molecule has 0 saturated heterocycles. The van der Waals surface area contributed by atoms with Gasteiger partial charge in [0.1, 0.15) is 5.82 Å². The van der Waals surface area contributed by atoms with Crippen molar-refractivity contribution in [3.63, 3.8) is 0 Å². The maximum atomic E-state index is 13.1. The van der Waals surface area contributed by atoms with Gasteiger partial charge in [-0.15, -0.1) is 0 Å². The number of halogens is 2. The summed E-state index contributed by atoms with van der Waals surface area (Å²) in [6.45, 7) is 4.19. The number of benzene rings is 1. The Hall–Kier alpha value is -0.700. The molecule has 0 bridgehead atoms. The van der Waals surface area contributed by atoms with Gasteiger partial charge < -0.3 is 5.32 Å². The molecule has 0 aliphatic carbocycles. The summed E-state index contributed by atoms with van der Waals surface area (Å²) in [5, 5.41) is 3.22. The normalized spacial score (nSPS) is 11.9. The molecule has 0 saturated carbocycles. The van der Waals surface area contributed by atoms with Gasteiger partial charge in [-0.2, -0.15) is 12.7 Å². The van der Waals surface area contributed by atoms with E-state index in [1.54, 1.807) is 0 Å². The van der Waals surface area contributed by atoms with E-state index in [2.05, 4.69) is 32.9 Å². The summed E-state index contributed by atoms with van der Waals surface area (Å²) in [4.78, 5) is 0. The van der Waals surface area contributed by atoms with Crippen molar-refractivity contribution in [1.82, 2.24) is 9.62 Å². The molecule has 21 heavy (non-hydrogen) atoms. The molecule has 1 aromatic rings. The van der Waals surface area contributed by atoms with Crippen LogP contribution in [0.2, 0.25) is 0 Å². The molecule has 0 aliphatic rings. The molecule has 0 aliphatic heterocycles. The van der Waals surface area contributed by atoms with Gasteiger partial charge in [-0.1, -0.05) is 6.92 Å². The third-order valence-corrected chi connectivity index (χ3v) is 4.93. The van der Waals surface area contributed by atoms with E-state index in [1.165, 1.54) is 29.6 Å². The molecule has 5 nitrogen and oxygen atoms in total. The minimum atomic E-state index is -3.62. The minimum absolute atomic E-state index is 0.217. The molecule has 0 heterocycles. The van der Waals surface area contributed by atoms with Crippen molar-refractivity contribution in [1.29, 1.82) is 0 Å². The first kappa shape index (κ1) is 18.3. The molecule has 1 aromatic carbocycles. The Labute approximate surface area is 134 Å². The largest absolute Gasteiger partial charge is 0.317 e. The van der Waals surface area contributed by atoms with Crippen LogP contribution in [-0.2, 0) is 10.2 Å². The average molecular weight is 382 g/mol. The van der Waals surface area contributed by atoms with E-state index in [0.29, 0.717) is 12.2 Å². The zero-order valence-electron chi connectivity index (χ0n) is 12.2. The quantitative estimate of drug-likeness (QED) is 0.646. The molecule has 0 atom stereocenters. The van der Waals surface area contributed by atoms with Crippen LogP contribution in [0.3, 0.4) is 0 Å². The molecule has 8 heteroatoms. The molecule has 120 valence electrons. The smallest absolute Gasteiger partial charge is 0.301 e. The van der Waals surface area contributed by atoms with Gasteiger partial charge in [0.15, 0.2) is 0 Å². The molecule has 0 amide bonds. The fraction of sp³-hybridized carbons (Fsp3) is 0.538. The fourth-order valence-electron chi connectivity index (χ4n) is 1.64. The van der Waals surface area contributed by atoms with Crippen LogP contribution in [0, 0.1) is 5.82 Å². The van der Waals surface area contributed by atoms with Crippen LogP contribution < -0.4 is 10.0 Å². The number of rotatable bonds is 9. The lowest BCUT2D eigenvalue weighted by Gasteiger charge is -2.18. The second kappa shape index (κ2) is 8.67. The first-order chi connectivity index (χ1) is 9.86. The molecule has 0 aromatic heterocycles. The van der Waals surface area contributed by atoms with Gasteiger partial charge in [-0.3, -0.25) is 4.72 Å². The van der Waals surface area contributed by atoms with Crippen LogP contribution in [0.25, 0.3) is 0 Å². The van der Waals surface area contributed by atoms with Crippen LogP contribution in [0.1, 0.15) is 19.8 Å². The van der Waals surface area contributed by atoms with Gasteiger partial charge in [0.25, 0.3) is 0 Å². The van der Waals surface area contributed by atoms with E-state index in [1.807, 2.05) is 0 Å². The Balaban J connectivity index is 2.53. The van der Waals surface area contributed by atoms with Crippen molar-refractivity contribution in [2.24, 2.45) is 0 Å². The number of nitrogens with one attached hydrogen (secondary N) is 2. The van der Waals surface area contributed by atoms with Gasteiger partial charge in [-0.25, -0.2) is 4.39 Å². The van der Waals surface area contributed by atoms with Crippen molar-refractivity contribution >= 4 is 31.8 Å². The highest BCUT2D eigenvalue weighted by Crippen LogP contribution is 2.21. The van der Waals surface area contributed by atoms with Crippen molar-refractivity contribution in [3.8, 4) is 0 Å². The summed E-state index contributed by atoms with van der Waals surface area (Å²) >= 11 is 3.02. The first-order valence-electron chi connectivity index (χ1n) is 6.76. The Kier molecular flexibility index (Phi) is 7.58. The first-order valence-corrected chi connectivity index (χ1v) is 9.00. The third kappa shape index (κ3) is 6.29. The number of hydrogen-bond donors (Lipinski definition) is 2. The highest BCUT2D eigenvalue weighted by Gasteiger charge is 2.17. The molecule has 0 unspecified atom stereocenters. The van der Waals surface area contributed by atoms with Crippen LogP contribution in [0.4, 0.5) is 10.1 Å². The summed E-state index contributed by atoms with van der Waals surface area (Å²) < 4.78 is 41.2. The predicted molar refractivity (Wildman–Crippen MR) is 87.1 cm³/mol. The van der Waals surface area contributed by atoms with Crippen molar-refractivity contribution in [3.05, 3.63) is 28.5 Å². The molecule has 1 rings (SSSR count). The van der Waals surface area contributed by atoms with E-state index in [-0.39, 0.29) is 4.47 Å². The van der Waals surface area contributed by atoms with Gasteiger partial charge in [0.05, 0.1) is 10.2 Å². The SMILES string of the molecule is CCCNCCCN(C)S(=O)(=O)Nc1ccc(F)c(Br)c1. The van der Waals surface area contributed by atoms with Crippen molar-refractivity contribution in [2.45, 2.75) is 19.8 Å². The lowest BCUT2D eigenvalue weighted by atomic mass is 10.3. The Bertz CT molecular complexity index is 554. The van der Waals surface area contributed by atoms with Crippen LogP contribution in [-0.4, -0.2) is 39.4 Å². The van der Waals surface area contributed by atoms with Crippen molar-refractivity contribution < 1.29 is 12.8 Å². The second-order valence-electron chi connectivity index (χ2n) is 4.66. The molecule has 2 N–H and O–H groups in total. The van der Waals surface area contributed by atoms with Gasteiger partial charge in [0.2, 0.25) is 0 Å². The summed E-state index contributed by atoms with van der Waals surface area (Å²) in [6.07, 6.45) is 1.78. The highest BCUT2D eigenvalue weighted by molar-refractivity contribution is 9.10. The number of nitrogens with zero attached hydrogens (tertiary/aromatic N) is 1. The molecular weight excluding hydrogens is 361 g/mol. The zero-order chi connectivity index (χ0) is 15.9. The molecule has 0 spiro atoms. The Morgan fingerprint density at radius 1 is 1.33 bits per heavy atom. The molecule has 0 fully saturated rings. The third-order valence-electron chi connectivity index (χ3n) is 2.83. The van der Waals surface area contributed by atoms with Crippen LogP contribution >= 0.6 is 15.9 Å². The van der Waals surface area contributed by atoms with E-state index in [4.69, 9.17) is 0 Å². The maximum Gasteiger partial charge on any atom is 0.301 e. The van der Waals surface area contributed by atoms with Crippen LogP contribution in [0.15, 0.2) is 22.7 Å². The van der Waals surface area contributed by atoms with E-state index in [0.717, 1.165) is 25.9 Å². The standard InChI is InChI=1S/C13H21BrFN3O2S/c1-3-7-16-8-4-9-18(2)21(19,20)17-11-5-6-13(15)12(14)10-11/h5-6,10,16-17H,3-4,7-9H2,1-2H3. The van der Waals surface area contributed by atoms with Gasteiger partial charge in [-0.05, 0) is 60.1 Å². The zero-order valence-corrected chi connectivity index (χ0v) is 14.6. The van der Waals surface area contributed by atoms with Crippen LogP contribution in [0.5, 0.6) is 0 Å². The topological polar surface area (TPSA) is 61.4 Å². The van der Waals surface area contributed by atoms with Gasteiger partial charge >= 0.3 is 10.2 Å². The lowest BCUT2D eigenvalue weighted by molar-refractivity contribution is 0.458. The monoisotopic (exact) mass is 381 g/mol. The summed E-state index contributed by atoms with van der Waals surface area (Å²) in [6, 6.07) is 3.98. The van der Waals surface area contributed by atoms with E-state index >= 15 is 0 Å². The minimum Gasteiger partial charge on any atom is -0.317 e.